The molecule has 0 bridgehead atoms. The number of nitrogens with zero attached hydrogens (tertiary/aromatic N) is 2. The van der Waals surface area contributed by atoms with Gasteiger partial charge in [-0.3, -0.25) is 5.10 Å². The third kappa shape index (κ3) is 6.02. The van der Waals surface area contributed by atoms with Crippen LogP contribution in [0.3, 0.4) is 0 Å². The van der Waals surface area contributed by atoms with Gasteiger partial charge in [0.1, 0.15) is 5.82 Å². The van der Waals surface area contributed by atoms with Crippen LogP contribution in [0.1, 0.15) is 86.6 Å². The SMILES string of the molecule is CC(C)(C)c1cc(CO)cc(Cc2n[nH]c(Cc3cc(CO)cc(C(C)(C)C)c3)n2)c1. The second-order valence-electron chi connectivity index (χ2n) is 10.4. The number of hydrogen-bond acceptors (Lipinski definition) is 4. The third-order valence-electron chi connectivity index (χ3n) is 5.51. The molecule has 3 N–H and O–H groups in total. The first-order valence-electron chi connectivity index (χ1n) is 10.9. The normalized spacial score (nSPS) is 12.4. The maximum absolute atomic E-state index is 9.66. The van der Waals surface area contributed by atoms with Crippen LogP contribution in [-0.2, 0) is 36.9 Å². The minimum absolute atomic E-state index is 0.00653. The van der Waals surface area contributed by atoms with Crippen LogP contribution in [0.25, 0.3) is 0 Å². The van der Waals surface area contributed by atoms with Crippen molar-refractivity contribution in [1.82, 2.24) is 15.2 Å². The van der Waals surface area contributed by atoms with E-state index in [0.29, 0.717) is 12.8 Å². The fourth-order valence-electron chi connectivity index (χ4n) is 3.65. The van der Waals surface area contributed by atoms with Crippen molar-refractivity contribution in [3.05, 3.63) is 81.4 Å². The van der Waals surface area contributed by atoms with E-state index in [2.05, 4.69) is 76.0 Å². The standard InChI is InChI=1S/C26H35N3O2/c1-25(2,3)21-9-17(7-19(11-21)15-30)13-23-27-24(29-28-23)14-18-8-20(16-31)12-22(10-18)26(4,5)6/h7-12,30-31H,13-16H2,1-6H3,(H,27,28,29). The van der Waals surface area contributed by atoms with Crippen molar-refractivity contribution < 1.29 is 10.2 Å². The zero-order chi connectivity index (χ0) is 22.8. The number of aliphatic hydroxyl groups is 2. The molecule has 1 aromatic heterocycles. The summed E-state index contributed by atoms with van der Waals surface area (Å²) in [5.74, 6) is 1.54. The summed E-state index contributed by atoms with van der Waals surface area (Å²) in [7, 11) is 0. The zero-order valence-corrected chi connectivity index (χ0v) is 19.6. The molecule has 3 rings (SSSR count). The maximum Gasteiger partial charge on any atom is 0.155 e. The minimum atomic E-state index is 0.00653. The highest BCUT2D eigenvalue weighted by Gasteiger charge is 2.17. The predicted molar refractivity (Wildman–Crippen MR) is 124 cm³/mol. The molecule has 1 heterocycles. The van der Waals surface area contributed by atoms with Crippen molar-refractivity contribution in [2.75, 3.05) is 0 Å². The zero-order valence-electron chi connectivity index (χ0n) is 19.6. The molecule has 0 spiro atoms. The first kappa shape index (κ1) is 23.2. The fourth-order valence-corrected chi connectivity index (χ4v) is 3.65. The van der Waals surface area contributed by atoms with Gasteiger partial charge in [0.25, 0.3) is 0 Å². The topological polar surface area (TPSA) is 82.0 Å². The molecule has 0 atom stereocenters. The molecule has 31 heavy (non-hydrogen) atoms. The molecule has 166 valence electrons. The van der Waals surface area contributed by atoms with Gasteiger partial charge < -0.3 is 10.2 Å². The van der Waals surface area contributed by atoms with Gasteiger partial charge in [-0.1, -0.05) is 77.9 Å². The second-order valence-corrected chi connectivity index (χ2v) is 10.4. The lowest BCUT2D eigenvalue weighted by molar-refractivity contribution is 0.281. The van der Waals surface area contributed by atoms with Crippen LogP contribution in [0.2, 0.25) is 0 Å². The van der Waals surface area contributed by atoms with Crippen molar-refractivity contribution >= 4 is 0 Å². The highest BCUT2D eigenvalue weighted by molar-refractivity contribution is 5.36. The molecule has 0 saturated heterocycles. The van der Waals surface area contributed by atoms with Crippen molar-refractivity contribution in [2.45, 2.75) is 78.4 Å². The van der Waals surface area contributed by atoms with E-state index in [9.17, 15) is 10.2 Å². The Hall–Kier alpha value is -2.50. The molecule has 0 aliphatic heterocycles. The van der Waals surface area contributed by atoms with E-state index in [1.807, 2.05) is 12.1 Å². The second kappa shape index (κ2) is 8.93. The Morgan fingerprint density at radius 1 is 0.677 bits per heavy atom. The highest BCUT2D eigenvalue weighted by Crippen LogP contribution is 2.27. The van der Waals surface area contributed by atoms with Crippen LogP contribution in [0.5, 0.6) is 0 Å². The largest absolute Gasteiger partial charge is 0.392 e. The summed E-state index contributed by atoms with van der Waals surface area (Å²) >= 11 is 0. The molecule has 0 aliphatic rings. The van der Waals surface area contributed by atoms with Gasteiger partial charge >= 0.3 is 0 Å². The molecule has 0 saturated carbocycles. The number of hydrogen-bond donors (Lipinski definition) is 3. The monoisotopic (exact) mass is 421 g/mol. The molecule has 5 heteroatoms. The van der Waals surface area contributed by atoms with Crippen LogP contribution in [0, 0.1) is 0 Å². The highest BCUT2D eigenvalue weighted by atomic mass is 16.3. The van der Waals surface area contributed by atoms with E-state index in [1.165, 1.54) is 11.1 Å². The van der Waals surface area contributed by atoms with Crippen LogP contribution in [0.15, 0.2) is 36.4 Å². The van der Waals surface area contributed by atoms with Crippen LogP contribution >= 0.6 is 0 Å². The summed E-state index contributed by atoms with van der Waals surface area (Å²) in [6.45, 7) is 13.1. The number of nitrogens with one attached hydrogen (secondary N) is 1. The molecular weight excluding hydrogens is 386 g/mol. The van der Waals surface area contributed by atoms with Gasteiger partial charge in [-0.15, -0.1) is 0 Å². The Morgan fingerprint density at radius 3 is 1.58 bits per heavy atom. The molecular formula is C26H35N3O2. The molecule has 0 amide bonds. The van der Waals surface area contributed by atoms with Gasteiger partial charge in [-0.25, -0.2) is 4.98 Å². The smallest absolute Gasteiger partial charge is 0.155 e. The summed E-state index contributed by atoms with van der Waals surface area (Å²) in [6, 6.07) is 12.5. The number of benzene rings is 2. The van der Waals surface area contributed by atoms with Gasteiger partial charge in [0.2, 0.25) is 0 Å². The molecule has 5 nitrogen and oxygen atoms in total. The van der Waals surface area contributed by atoms with Crippen molar-refractivity contribution in [1.29, 1.82) is 0 Å². The molecule has 2 aromatic carbocycles. The number of aliphatic hydroxyl groups excluding tert-OH is 2. The quantitative estimate of drug-likeness (QED) is 0.545. The molecule has 0 unspecified atom stereocenters. The first-order valence-corrected chi connectivity index (χ1v) is 10.9. The number of aromatic amines is 1. The Morgan fingerprint density at radius 2 is 1.13 bits per heavy atom. The first-order chi connectivity index (χ1) is 14.5. The summed E-state index contributed by atoms with van der Waals surface area (Å²) < 4.78 is 0. The minimum Gasteiger partial charge on any atom is -0.392 e. The lowest BCUT2D eigenvalue weighted by Crippen LogP contribution is -2.12. The lowest BCUT2D eigenvalue weighted by atomic mass is 9.84. The van der Waals surface area contributed by atoms with Gasteiger partial charge in [0.05, 0.1) is 13.2 Å². The van der Waals surface area contributed by atoms with Crippen LogP contribution in [0.4, 0.5) is 0 Å². The van der Waals surface area contributed by atoms with Gasteiger partial charge in [-0.2, -0.15) is 5.10 Å². The van der Waals surface area contributed by atoms with Gasteiger partial charge in [0.15, 0.2) is 5.82 Å². The Labute approximate surface area is 185 Å². The Bertz CT molecular complexity index is 958. The van der Waals surface area contributed by atoms with Gasteiger partial charge in [-0.05, 0) is 44.2 Å². The average Bonchev–Trinajstić information content (AvgIpc) is 3.12. The van der Waals surface area contributed by atoms with Gasteiger partial charge in [0, 0.05) is 12.8 Å². The maximum atomic E-state index is 9.66. The van der Waals surface area contributed by atoms with Crippen molar-refractivity contribution in [3.8, 4) is 0 Å². The van der Waals surface area contributed by atoms with Crippen molar-refractivity contribution in [3.63, 3.8) is 0 Å². The third-order valence-corrected chi connectivity index (χ3v) is 5.51. The van der Waals surface area contributed by atoms with Crippen LogP contribution in [-0.4, -0.2) is 25.4 Å². The molecule has 0 fully saturated rings. The summed E-state index contributed by atoms with van der Waals surface area (Å²) in [6.07, 6.45) is 1.24. The number of aromatic nitrogens is 3. The van der Waals surface area contributed by atoms with E-state index in [1.54, 1.807) is 0 Å². The Balaban J connectivity index is 1.82. The average molecular weight is 422 g/mol. The van der Waals surface area contributed by atoms with Crippen LogP contribution < -0.4 is 0 Å². The van der Waals surface area contributed by atoms with Crippen molar-refractivity contribution in [2.24, 2.45) is 0 Å². The summed E-state index contributed by atoms with van der Waals surface area (Å²) in [5.41, 5.74) is 6.44. The summed E-state index contributed by atoms with van der Waals surface area (Å²) in [5, 5.41) is 26.8. The van der Waals surface area contributed by atoms with E-state index in [0.717, 1.165) is 33.9 Å². The molecule has 0 aliphatic carbocycles. The van der Waals surface area contributed by atoms with E-state index >= 15 is 0 Å². The van der Waals surface area contributed by atoms with E-state index < -0.39 is 0 Å². The lowest BCUT2D eigenvalue weighted by Gasteiger charge is -2.21. The molecule has 0 radical (unpaired) electrons. The number of H-pyrrole nitrogens is 1. The number of rotatable bonds is 6. The van der Waals surface area contributed by atoms with E-state index in [-0.39, 0.29) is 24.0 Å². The Kier molecular flexibility index (Phi) is 6.68. The molecule has 3 aromatic rings. The summed E-state index contributed by atoms with van der Waals surface area (Å²) in [4.78, 5) is 4.70. The fraction of sp³-hybridized carbons (Fsp3) is 0.462. The predicted octanol–water partition coefficient (Wildman–Crippen LogP) is 4.57. The van der Waals surface area contributed by atoms with E-state index in [4.69, 9.17) is 4.98 Å².